The van der Waals surface area contributed by atoms with Gasteiger partial charge < -0.3 is 20.3 Å². The third-order valence-corrected chi connectivity index (χ3v) is 4.04. The first-order valence-electron chi connectivity index (χ1n) is 7.33. The molecule has 2 aromatic heterocycles. The lowest BCUT2D eigenvalue weighted by molar-refractivity contribution is -0.0432. The number of anilines is 1. The van der Waals surface area contributed by atoms with Crippen LogP contribution in [0.15, 0.2) is 11.1 Å². The highest BCUT2D eigenvalue weighted by Gasteiger charge is 2.35. The number of nitrogens with one attached hydrogen (secondary N) is 2. The van der Waals surface area contributed by atoms with E-state index in [1.807, 2.05) is 0 Å². The molecule has 9 nitrogen and oxygen atoms in total. The standard InChI is InChI=1S/C13H17N5O4/c19-4-8-7(20)3-9(22-8)18-5-14-10-11(18)16-13(17-12(10)21)15-6-1-2-6/h5-9,19-20H,1-4H2,(H2,15,16,17,21)/t7-,8+,9+/m0/s1. The zero-order valence-electron chi connectivity index (χ0n) is 11.8. The monoisotopic (exact) mass is 307 g/mol. The predicted octanol–water partition coefficient (Wildman–Crippen LogP) is -0.665. The van der Waals surface area contributed by atoms with Crippen molar-refractivity contribution in [1.82, 2.24) is 19.5 Å². The van der Waals surface area contributed by atoms with Gasteiger partial charge in [-0.2, -0.15) is 4.98 Å². The molecular weight excluding hydrogens is 290 g/mol. The van der Waals surface area contributed by atoms with Crippen LogP contribution in [0.2, 0.25) is 0 Å². The van der Waals surface area contributed by atoms with Gasteiger partial charge in [0.05, 0.1) is 19.0 Å². The third-order valence-electron chi connectivity index (χ3n) is 4.04. The van der Waals surface area contributed by atoms with E-state index in [0.717, 1.165) is 12.8 Å². The third kappa shape index (κ3) is 2.27. The van der Waals surface area contributed by atoms with Gasteiger partial charge in [-0.1, -0.05) is 0 Å². The van der Waals surface area contributed by atoms with Crippen molar-refractivity contribution in [2.45, 2.75) is 43.7 Å². The fraction of sp³-hybridized carbons (Fsp3) is 0.615. The zero-order chi connectivity index (χ0) is 15.3. The van der Waals surface area contributed by atoms with Crippen molar-refractivity contribution in [3.05, 3.63) is 16.7 Å². The van der Waals surface area contributed by atoms with Crippen LogP contribution in [0, 0.1) is 0 Å². The summed E-state index contributed by atoms with van der Waals surface area (Å²) in [6, 6.07) is 0.361. The Labute approximate surface area is 125 Å². The lowest BCUT2D eigenvalue weighted by atomic mass is 10.2. The molecule has 3 heterocycles. The number of aliphatic hydroxyl groups excluding tert-OH is 2. The number of hydrogen-bond donors (Lipinski definition) is 4. The van der Waals surface area contributed by atoms with Crippen LogP contribution in [-0.4, -0.2) is 54.6 Å². The average molecular weight is 307 g/mol. The average Bonchev–Trinajstić information content (AvgIpc) is 3.06. The van der Waals surface area contributed by atoms with Gasteiger partial charge in [0.15, 0.2) is 11.2 Å². The molecule has 0 amide bonds. The normalized spacial score (nSPS) is 28.4. The van der Waals surface area contributed by atoms with Crippen molar-refractivity contribution in [1.29, 1.82) is 0 Å². The van der Waals surface area contributed by atoms with Gasteiger partial charge in [0.1, 0.15) is 12.3 Å². The van der Waals surface area contributed by atoms with E-state index in [1.165, 1.54) is 6.33 Å². The second-order valence-electron chi connectivity index (χ2n) is 5.77. The van der Waals surface area contributed by atoms with Crippen LogP contribution in [0.5, 0.6) is 0 Å². The molecular formula is C13H17N5O4. The van der Waals surface area contributed by atoms with Crippen LogP contribution in [0.4, 0.5) is 5.95 Å². The molecule has 2 aromatic rings. The fourth-order valence-electron chi connectivity index (χ4n) is 2.68. The van der Waals surface area contributed by atoms with Gasteiger partial charge in [0.25, 0.3) is 5.56 Å². The van der Waals surface area contributed by atoms with Crippen molar-refractivity contribution in [3.63, 3.8) is 0 Å². The van der Waals surface area contributed by atoms with Crippen molar-refractivity contribution in [2.24, 2.45) is 0 Å². The van der Waals surface area contributed by atoms with Crippen molar-refractivity contribution in [3.8, 4) is 0 Å². The lowest BCUT2D eigenvalue weighted by Crippen LogP contribution is -2.24. The first-order valence-corrected chi connectivity index (χ1v) is 7.33. The summed E-state index contributed by atoms with van der Waals surface area (Å²) in [4.78, 5) is 23.2. The molecule has 1 saturated heterocycles. The van der Waals surface area contributed by atoms with Crippen LogP contribution in [0.25, 0.3) is 11.2 Å². The molecule has 0 radical (unpaired) electrons. The van der Waals surface area contributed by atoms with Crippen LogP contribution < -0.4 is 10.9 Å². The minimum atomic E-state index is -0.751. The van der Waals surface area contributed by atoms with Gasteiger partial charge >= 0.3 is 0 Å². The Balaban J connectivity index is 1.71. The molecule has 118 valence electrons. The van der Waals surface area contributed by atoms with E-state index in [0.29, 0.717) is 24.1 Å². The zero-order valence-corrected chi connectivity index (χ0v) is 11.8. The molecule has 2 aliphatic rings. The summed E-state index contributed by atoms with van der Waals surface area (Å²) in [6.45, 7) is -0.257. The number of aromatic amines is 1. The molecule has 9 heteroatoms. The highest BCUT2D eigenvalue weighted by molar-refractivity contribution is 5.71. The second-order valence-corrected chi connectivity index (χ2v) is 5.77. The van der Waals surface area contributed by atoms with Gasteiger partial charge in [-0.15, -0.1) is 0 Å². The number of hydrogen-bond acceptors (Lipinski definition) is 7. The van der Waals surface area contributed by atoms with Crippen LogP contribution >= 0.6 is 0 Å². The van der Waals surface area contributed by atoms with E-state index in [9.17, 15) is 9.90 Å². The maximum absolute atomic E-state index is 12.1. The summed E-state index contributed by atoms with van der Waals surface area (Å²) in [5.74, 6) is 0.416. The fourth-order valence-corrected chi connectivity index (χ4v) is 2.68. The SMILES string of the molecule is O=c1[nH]c(NC2CC2)nc2c1ncn2[C@H]1C[C@H](O)[C@@H](CO)O1. The number of nitrogens with zero attached hydrogens (tertiary/aromatic N) is 3. The van der Waals surface area contributed by atoms with Crippen molar-refractivity contribution < 1.29 is 14.9 Å². The smallest absolute Gasteiger partial charge is 0.280 e. The quantitative estimate of drug-likeness (QED) is 0.590. The van der Waals surface area contributed by atoms with Gasteiger partial charge in [0, 0.05) is 12.5 Å². The lowest BCUT2D eigenvalue weighted by Gasteiger charge is -2.13. The van der Waals surface area contributed by atoms with Gasteiger partial charge in [-0.05, 0) is 12.8 Å². The van der Waals surface area contributed by atoms with E-state index in [-0.39, 0.29) is 17.7 Å². The number of ether oxygens (including phenoxy) is 1. The number of aromatic nitrogens is 4. The van der Waals surface area contributed by atoms with E-state index >= 15 is 0 Å². The van der Waals surface area contributed by atoms with Crippen molar-refractivity contribution >= 4 is 17.1 Å². The number of imidazole rings is 1. The Bertz CT molecular complexity index is 752. The minimum Gasteiger partial charge on any atom is -0.394 e. The first kappa shape index (κ1) is 13.7. The van der Waals surface area contributed by atoms with Crippen LogP contribution in [0.3, 0.4) is 0 Å². The number of fused-ring (bicyclic) bond motifs is 1. The summed E-state index contributed by atoms with van der Waals surface area (Å²) in [5, 5.41) is 22.2. The highest BCUT2D eigenvalue weighted by atomic mass is 16.5. The summed E-state index contributed by atoms with van der Waals surface area (Å²) in [6.07, 6.45) is 2.04. The van der Waals surface area contributed by atoms with Gasteiger partial charge in [-0.3, -0.25) is 14.3 Å². The van der Waals surface area contributed by atoms with Gasteiger partial charge in [0.2, 0.25) is 5.95 Å². The molecule has 0 bridgehead atoms. The second kappa shape index (κ2) is 5.04. The highest BCUT2D eigenvalue weighted by Crippen LogP contribution is 2.30. The molecule has 4 N–H and O–H groups in total. The predicted molar refractivity (Wildman–Crippen MR) is 76.4 cm³/mol. The topological polar surface area (TPSA) is 125 Å². The molecule has 1 aliphatic carbocycles. The van der Waals surface area contributed by atoms with E-state index in [1.54, 1.807) is 4.57 Å². The van der Waals surface area contributed by atoms with E-state index in [2.05, 4.69) is 20.3 Å². The molecule has 3 atom stereocenters. The van der Waals surface area contributed by atoms with E-state index in [4.69, 9.17) is 9.84 Å². The van der Waals surface area contributed by atoms with E-state index < -0.39 is 18.4 Å². The summed E-state index contributed by atoms with van der Waals surface area (Å²) < 4.78 is 7.23. The molecule has 0 aromatic carbocycles. The minimum absolute atomic E-state index is 0.229. The van der Waals surface area contributed by atoms with Crippen molar-refractivity contribution in [2.75, 3.05) is 11.9 Å². The van der Waals surface area contributed by atoms with Gasteiger partial charge in [-0.25, -0.2) is 4.98 Å². The molecule has 22 heavy (non-hydrogen) atoms. The summed E-state index contributed by atoms with van der Waals surface area (Å²) >= 11 is 0. The maximum Gasteiger partial charge on any atom is 0.280 e. The molecule has 1 saturated carbocycles. The molecule has 0 spiro atoms. The molecule has 4 rings (SSSR count). The molecule has 1 aliphatic heterocycles. The number of aliphatic hydroxyl groups is 2. The Kier molecular flexibility index (Phi) is 3.13. The summed E-state index contributed by atoms with van der Waals surface area (Å²) in [5.41, 5.74) is 0.318. The Morgan fingerprint density at radius 3 is 3.00 bits per heavy atom. The Morgan fingerprint density at radius 2 is 2.32 bits per heavy atom. The number of H-pyrrole nitrogens is 1. The first-order chi connectivity index (χ1) is 10.7. The van der Waals surface area contributed by atoms with Crippen LogP contribution in [-0.2, 0) is 4.74 Å². The van der Waals surface area contributed by atoms with Crippen LogP contribution in [0.1, 0.15) is 25.5 Å². The number of rotatable bonds is 4. The summed E-state index contributed by atoms with van der Waals surface area (Å²) in [7, 11) is 0. The maximum atomic E-state index is 12.1. The Hall–Kier alpha value is -1.97. The molecule has 0 unspecified atom stereocenters. The largest absolute Gasteiger partial charge is 0.394 e. The molecule has 2 fully saturated rings. The Morgan fingerprint density at radius 1 is 1.50 bits per heavy atom.